The topological polar surface area (TPSA) is 193 Å². The molecule has 2 unspecified atom stereocenters. The van der Waals surface area contributed by atoms with Crippen molar-refractivity contribution in [3.8, 4) is 22.9 Å². The van der Waals surface area contributed by atoms with Gasteiger partial charge in [-0.3, -0.25) is 19.2 Å². The van der Waals surface area contributed by atoms with Gasteiger partial charge in [0.15, 0.2) is 11.5 Å². The van der Waals surface area contributed by atoms with Crippen molar-refractivity contribution >= 4 is 40.6 Å². The van der Waals surface area contributed by atoms with Crippen LogP contribution in [-0.4, -0.2) is 75.2 Å². The number of fused-ring (bicyclic) bond motifs is 6. The van der Waals surface area contributed by atoms with Crippen LogP contribution in [0.5, 0.6) is 11.5 Å². The molecule has 6 rings (SSSR count). The van der Waals surface area contributed by atoms with E-state index >= 15 is 0 Å². The molecular weight excluding hydrogens is 652 g/mol. The summed E-state index contributed by atoms with van der Waals surface area (Å²) in [6, 6.07) is 5.94. The Kier molecular flexibility index (Phi) is 9.25. The van der Waals surface area contributed by atoms with Crippen molar-refractivity contribution in [2.75, 3.05) is 19.9 Å². The largest absolute Gasteiger partial charge is 0.481 e. The molecule has 3 aliphatic heterocycles. The Hall–Kier alpha value is -5.47. The van der Waals surface area contributed by atoms with Gasteiger partial charge in [0.05, 0.1) is 42.0 Å². The highest BCUT2D eigenvalue weighted by atomic mass is 16.7. The van der Waals surface area contributed by atoms with E-state index in [2.05, 4.69) is 5.32 Å². The predicted octanol–water partition coefficient (Wildman–Crippen LogP) is 2.60. The molecule has 0 radical (unpaired) electrons. The number of carboxylic acid groups (broad SMARTS) is 1. The molecule has 0 spiro atoms. The number of hydrogen-bond donors (Lipinski definition) is 2. The van der Waals surface area contributed by atoms with Crippen LogP contribution < -0.4 is 20.3 Å². The number of rotatable bonds is 12. The van der Waals surface area contributed by atoms with Crippen molar-refractivity contribution in [2.45, 2.75) is 78.2 Å². The highest BCUT2D eigenvalue weighted by Gasteiger charge is 2.51. The summed E-state index contributed by atoms with van der Waals surface area (Å²) in [5.41, 5.74) is 0.336. The van der Waals surface area contributed by atoms with Crippen molar-refractivity contribution in [1.29, 1.82) is 0 Å². The monoisotopic (exact) mass is 690 g/mol. The van der Waals surface area contributed by atoms with E-state index < -0.39 is 59.4 Å². The highest BCUT2D eigenvalue weighted by Crippen LogP contribution is 2.42. The van der Waals surface area contributed by atoms with Crippen molar-refractivity contribution in [3.63, 3.8) is 0 Å². The standard InChI is InChI=1S/C35H38N4O11/c1-5-9-38(28(41)7-8-29(42)43)15-27(40)37-30(18(3)4)33(45)50-35(6-2)22-12-24-31-20(14-39(24)32(44)21(22)16-47-34(35)46)10-19-11-25-26(49-17-48-25)13-23(19)36-31/h10-13,18,30H,5-9,14-17H2,1-4H3,(H,37,40)(H,42,43). The summed E-state index contributed by atoms with van der Waals surface area (Å²) in [6.07, 6.45) is -0.205. The van der Waals surface area contributed by atoms with Crippen LogP contribution in [0, 0.1) is 5.92 Å². The molecule has 3 aromatic rings. The summed E-state index contributed by atoms with van der Waals surface area (Å²) in [6.45, 7) is 6.63. The van der Waals surface area contributed by atoms with Crippen LogP contribution in [0.1, 0.15) is 70.1 Å². The van der Waals surface area contributed by atoms with E-state index in [0.717, 1.165) is 10.9 Å². The molecule has 0 aliphatic carbocycles. The van der Waals surface area contributed by atoms with Gasteiger partial charge in [-0.05, 0) is 37.0 Å². The Balaban J connectivity index is 1.30. The summed E-state index contributed by atoms with van der Waals surface area (Å²) in [5, 5.41) is 12.4. The number of esters is 2. The molecule has 2 N–H and O–H groups in total. The van der Waals surface area contributed by atoms with Gasteiger partial charge in [0.1, 0.15) is 12.6 Å². The first kappa shape index (κ1) is 34.4. The average Bonchev–Trinajstić information content (AvgIpc) is 3.68. The SMILES string of the molecule is CCCN(CC(=O)NC(C(=O)OC1(CC)C(=O)OCc2c1cc1n(c2=O)Cc2cc3cc4c(cc3nc2-1)OCO4)C(C)C)C(=O)CCC(=O)O. The summed E-state index contributed by atoms with van der Waals surface area (Å²) >= 11 is 0. The average molecular weight is 691 g/mol. The van der Waals surface area contributed by atoms with Crippen LogP contribution in [-0.2, 0) is 52.2 Å². The highest BCUT2D eigenvalue weighted by molar-refractivity contribution is 5.92. The van der Waals surface area contributed by atoms with Gasteiger partial charge in [-0.2, -0.15) is 0 Å². The van der Waals surface area contributed by atoms with Crippen LogP contribution in [0.15, 0.2) is 29.1 Å². The zero-order valence-corrected chi connectivity index (χ0v) is 28.2. The number of ether oxygens (including phenoxy) is 4. The normalized spacial score (nSPS) is 17.4. The van der Waals surface area contributed by atoms with E-state index in [1.165, 1.54) is 4.90 Å². The van der Waals surface area contributed by atoms with Gasteiger partial charge in [0.25, 0.3) is 5.56 Å². The Bertz CT molecular complexity index is 1990. The number of benzene rings is 1. The predicted molar refractivity (Wildman–Crippen MR) is 175 cm³/mol. The molecular formula is C35H38N4O11. The van der Waals surface area contributed by atoms with E-state index in [9.17, 15) is 28.8 Å². The van der Waals surface area contributed by atoms with Crippen LogP contribution in [0.4, 0.5) is 0 Å². The number of nitrogens with zero attached hydrogens (tertiary/aromatic N) is 3. The maximum Gasteiger partial charge on any atom is 0.355 e. The lowest BCUT2D eigenvalue weighted by atomic mass is 9.85. The molecule has 50 heavy (non-hydrogen) atoms. The van der Waals surface area contributed by atoms with Gasteiger partial charge in [-0.15, -0.1) is 0 Å². The Morgan fingerprint density at radius 2 is 1.80 bits per heavy atom. The minimum Gasteiger partial charge on any atom is -0.481 e. The zero-order valence-electron chi connectivity index (χ0n) is 28.2. The Morgan fingerprint density at radius 1 is 1.06 bits per heavy atom. The molecule has 0 saturated carbocycles. The second-order valence-corrected chi connectivity index (χ2v) is 12.9. The zero-order chi connectivity index (χ0) is 35.9. The summed E-state index contributed by atoms with van der Waals surface area (Å²) in [7, 11) is 0. The van der Waals surface area contributed by atoms with Crippen molar-refractivity contribution in [1.82, 2.24) is 19.8 Å². The lowest BCUT2D eigenvalue weighted by Crippen LogP contribution is -2.54. The number of pyridine rings is 2. The molecule has 1 aromatic carbocycles. The van der Waals surface area contributed by atoms with Crippen LogP contribution in [0.25, 0.3) is 22.3 Å². The number of hydrogen-bond acceptors (Lipinski definition) is 11. The van der Waals surface area contributed by atoms with Crippen molar-refractivity contribution < 1.29 is 48.0 Å². The second-order valence-electron chi connectivity index (χ2n) is 12.9. The molecule has 0 bridgehead atoms. The molecule has 5 heterocycles. The van der Waals surface area contributed by atoms with Crippen molar-refractivity contribution in [3.05, 3.63) is 51.3 Å². The molecule has 3 aliphatic rings. The maximum atomic E-state index is 14.0. The molecule has 264 valence electrons. The third kappa shape index (κ3) is 6.11. The van der Waals surface area contributed by atoms with Gasteiger partial charge < -0.3 is 38.8 Å². The first-order valence-corrected chi connectivity index (χ1v) is 16.6. The first-order chi connectivity index (χ1) is 23.9. The molecule has 15 nitrogen and oxygen atoms in total. The first-order valence-electron chi connectivity index (χ1n) is 16.6. The lowest BCUT2D eigenvalue weighted by molar-refractivity contribution is -0.191. The number of aliphatic carboxylic acids is 1. The van der Waals surface area contributed by atoms with E-state index in [1.54, 1.807) is 37.5 Å². The third-order valence-corrected chi connectivity index (χ3v) is 9.22. The van der Waals surface area contributed by atoms with E-state index in [-0.39, 0.29) is 56.9 Å². The fraction of sp³-hybridized carbons (Fsp3) is 0.457. The number of carboxylic acids is 1. The molecule has 2 aromatic heterocycles. The number of amides is 2. The van der Waals surface area contributed by atoms with Gasteiger partial charge in [-0.25, -0.2) is 14.6 Å². The minimum atomic E-state index is -2.00. The van der Waals surface area contributed by atoms with Gasteiger partial charge in [0, 0.05) is 35.5 Å². The minimum absolute atomic E-state index is 0.0733. The number of cyclic esters (lactones) is 1. The van der Waals surface area contributed by atoms with Crippen LogP contribution in [0.3, 0.4) is 0 Å². The summed E-state index contributed by atoms with van der Waals surface area (Å²) in [5.74, 6) is -3.43. The fourth-order valence-electron chi connectivity index (χ4n) is 6.59. The summed E-state index contributed by atoms with van der Waals surface area (Å²) < 4.78 is 24.0. The Labute approximate surface area is 286 Å². The molecule has 0 saturated heterocycles. The molecule has 15 heteroatoms. The smallest absolute Gasteiger partial charge is 0.355 e. The van der Waals surface area contributed by atoms with Crippen LogP contribution >= 0.6 is 0 Å². The number of nitrogens with one attached hydrogen (secondary N) is 1. The van der Waals surface area contributed by atoms with Gasteiger partial charge in [-0.1, -0.05) is 27.7 Å². The summed E-state index contributed by atoms with van der Waals surface area (Å²) in [4.78, 5) is 84.2. The van der Waals surface area contributed by atoms with Gasteiger partial charge in [0.2, 0.25) is 24.2 Å². The lowest BCUT2D eigenvalue weighted by Gasteiger charge is -2.37. The fourth-order valence-corrected chi connectivity index (χ4v) is 6.59. The third-order valence-electron chi connectivity index (χ3n) is 9.22. The van der Waals surface area contributed by atoms with E-state index in [4.69, 9.17) is 29.0 Å². The number of aromatic nitrogens is 2. The van der Waals surface area contributed by atoms with E-state index in [0.29, 0.717) is 34.8 Å². The molecule has 2 atom stereocenters. The quantitative estimate of drug-likeness (QED) is 0.207. The second kappa shape index (κ2) is 13.4. The van der Waals surface area contributed by atoms with Gasteiger partial charge >= 0.3 is 17.9 Å². The molecule has 0 fully saturated rings. The number of carbonyl (C=O) groups is 5. The maximum absolute atomic E-state index is 14.0. The van der Waals surface area contributed by atoms with Crippen molar-refractivity contribution in [2.24, 2.45) is 5.92 Å². The van der Waals surface area contributed by atoms with E-state index in [1.807, 2.05) is 19.1 Å². The number of carbonyl (C=O) groups excluding carboxylic acids is 4. The Morgan fingerprint density at radius 3 is 2.48 bits per heavy atom. The molecule has 2 amide bonds. The van der Waals surface area contributed by atoms with Crippen LogP contribution in [0.2, 0.25) is 0 Å².